The number of pyridine rings is 1. The van der Waals surface area contributed by atoms with Crippen LogP contribution in [0.25, 0.3) is 17.0 Å². The third-order valence-electron chi connectivity index (χ3n) is 5.74. The Hall–Kier alpha value is -3.87. The fourth-order valence-corrected chi connectivity index (χ4v) is 4.28. The number of carbonyl (C=O) groups excluding carboxylic acids is 2. The summed E-state index contributed by atoms with van der Waals surface area (Å²) in [5.41, 5.74) is 3.51. The van der Waals surface area contributed by atoms with Crippen LogP contribution in [0, 0.1) is 6.92 Å². The molecule has 0 spiro atoms. The standard InChI is InChI=1S/C29H25Cl2N3O3/c1-19-11-13-21-9-6-10-25(29(21)33-19)37-18-22-23(30)14-15-24(28(22)31)34(2)27(36)17-32-26(35)16-12-20-7-4-3-5-8-20/h3-16H,17-18H2,1-2H3,(H,32,35)/b16-12+. The van der Waals surface area contributed by atoms with E-state index in [0.717, 1.165) is 22.2 Å². The molecule has 0 aliphatic heterocycles. The van der Waals surface area contributed by atoms with Gasteiger partial charge in [0.15, 0.2) is 0 Å². The zero-order valence-electron chi connectivity index (χ0n) is 20.4. The summed E-state index contributed by atoms with van der Waals surface area (Å²) in [6, 6.07) is 22.4. The third kappa shape index (κ3) is 6.47. The molecule has 0 fully saturated rings. The molecule has 0 saturated heterocycles. The number of hydrogen-bond acceptors (Lipinski definition) is 4. The van der Waals surface area contributed by atoms with Crippen molar-refractivity contribution in [3.8, 4) is 5.75 Å². The summed E-state index contributed by atoms with van der Waals surface area (Å²) in [6.45, 7) is 1.81. The number of rotatable bonds is 8. The number of benzene rings is 3. The van der Waals surface area contributed by atoms with Gasteiger partial charge in [0, 0.05) is 34.8 Å². The topological polar surface area (TPSA) is 71.5 Å². The number of nitrogens with one attached hydrogen (secondary N) is 1. The van der Waals surface area contributed by atoms with E-state index in [9.17, 15) is 9.59 Å². The normalized spacial score (nSPS) is 11.0. The van der Waals surface area contributed by atoms with Crippen molar-refractivity contribution in [1.82, 2.24) is 10.3 Å². The van der Waals surface area contributed by atoms with Crippen molar-refractivity contribution in [3.05, 3.63) is 106 Å². The number of nitrogens with zero attached hydrogens (tertiary/aromatic N) is 2. The van der Waals surface area contributed by atoms with Crippen molar-refractivity contribution in [1.29, 1.82) is 0 Å². The minimum absolute atomic E-state index is 0.0866. The van der Waals surface area contributed by atoms with Crippen LogP contribution in [0.15, 0.2) is 78.9 Å². The summed E-state index contributed by atoms with van der Waals surface area (Å²) in [4.78, 5) is 30.9. The molecular weight excluding hydrogens is 509 g/mol. The summed E-state index contributed by atoms with van der Waals surface area (Å²) >= 11 is 13.1. The van der Waals surface area contributed by atoms with Crippen molar-refractivity contribution < 1.29 is 14.3 Å². The number of aryl methyl sites for hydroxylation is 1. The second-order valence-electron chi connectivity index (χ2n) is 8.34. The zero-order chi connectivity index (χ0) is 26.4. The van der Waals surface area contributed by atoms with Gasteiger partial charge in [0.25, 0.3) is 0 Å². The number of fused-ring (bicyclic) bond motifs is 1. The van der Waals surface area contributed by atoms with Crippen LogP contribution in [0.3, 0.4) is 0 Å². The first kappa shape index (κ1) is 26.2. The highest BCUT2D eigenvalue weighted by Crippen LogP contribution is 2.35. The molecule has 4 rings (SSSR count). The number of anilines is 1. The highest BCUT2D eigenvalue weighted by molar-refractivity contribution is 6.38. The maximum absolute atomic E-state index is 12.8. The Morgan fingerprint density at radius 2 is 1.78 bits per heavy atom. The van der Waals surface area contributed by atoms with Crippen LogP contribution in [0.4, 0.5) is 5.69 Å². The Labute approximate surface area is 225 Å². The van der Waals surface area contributed by atoms with Gasteiger partial charge in [-0.1, -0.05) is 71.7 Å². The summed E-state index contributed by atoms with van der Waals surface area (Å²) in [7, 11) is 1.59. The van der Waals surface area contributed by atoms with Gasteiger partial charge < -0.3 is 15.0 Å². The molecule has 8 heteroatoms. The van der Waals surface area contributed by atoms with Gasteiger partial charge in [-0.25, -0.2) is 4.98 Å². The van der Waals surface area contributed by atoms with E-state index in [1.807, 2.05) is 67.6 Å². The lowest BCUT2D eigenvalue weighted by atomic mass is 10.1. The highest BCUT2D eigenvalue weighted by Gasteiger charge is 2.19. The lowest BCUT2D eigenvalue weighted by molar-refractivity contribution is -0.122. The molecule has 0 aliphatic carbocycles. The second-order valence-corrected chi connectivity index (χ2v) is 9.13. The maximum Gasteiger partial charge on any atom is 0.246 e. The number of halogens is 2. The first-order chi connectivity index (χ1) is 17.8. The quantitative estimate of drug-likeness (QED) is 0.273. The summed E-state index contributed by atoms with van der Waals surface area (Å²) in [5, 5.41) is 4.27. The van der Waals surface area contributed by atoms with Crippen molar-refractivity contribution >= 4 is 57.7 Å². The Balaban J connectivity index is 1.43. The predicted octanol–water partition coefficient (Wildman–Crippen LogP) is 6.22. The molecule has 2 amide bonds. The molecule has 0 aliphatic rings. The monoisotopic (exact) mass is 533 g/mol. The second kappa shape index (κ2) is 11.9. The van der Waals surface area contributed by atoms with Crippen LogP contribution in [-0.2, 0) is 16.2 Å². The van der Waals surface area contributed by atoms with Crippen LogP contribution in [0.1, 0.15) is 16.8 Å². The van der Waals surface area contributed by atoms with E-state index in [4.69, 9.17) is 27.9 Å². The Bertz CT molecular complexity index is 1470. The van der Waals surface area contributed by atoms with E-state index in [1.54, 1.807) is 25.3 Å². The first-order valence-electron chi connectivity index (χ1n) is 11.6. The molecule has 1 aromatic heterocycles. The number of likely N-dealkylation sites (N-methyl/N-ethyl adjacent to an activating group) is 1. The lowest BCUT2D eigenvalue weighted by Gasteiger charge is -2.21. The number of carbonyl (C=O) groups is 2. The minimum atomic E-state index is -0.374. The SMILES string of the molecule is Cc1ccc2cccc(OCc3c(Cl)ccc(N(C)C(=O)CNC(=O)/C=C/c4ccccc4)c3Cl)c2n1. The first-order valence-corrected chi connectivity index (χ1v) is 12.3. The Kier molecular flexibility index (Phi) is 8.43. The molecule has 1 N–H and O–H groups in total. The van der Waals surface area contributed by atoms with Gasteiger partial charge in [-0.05, 0) is 42.8 Å². The van der Waals surface area contributed by atoms with Gasteiger partial charge in [0.2, 0.25) is 11.8 Å². The van der Waals surface area contributed by atoms with Gasteiger partial charge in [-0.2, -0.15) is 0 Å². The molecule has 6 nitrogen and oxygen atoms in total. The average molecular weight is 534 g/mol. The van der Waals surface area contributed by atoms with Crippen LogP contribution in [0.2, 0.25) is 10.0 Å². The Morgan fingerprint density at radius 3 is 2.57 bits per heavy atom. The minimum Gasteiger partial charge on any atom is -0.487 e. The van der Waals surface area contributed by atoms with Crippen molar-refractivity contribution in [3.63, 3.8) is 0 Å². The molecule has 188 valence electrons. The molecule has 37 heavy (non-hydrogen) atoms. The predicted molar refractivity (Wildman–Crippen MR) is 149 cm³/mol. The zero-order valence-corrected chi connectivity index (χ0v) is 21.9. The molecule has 3 aromatic carbocycles. The molecule has 0 radical (unpaired) electrons. The molecule has 4 aromatic rings. The molecule has 1 heterocycles. The largest absolute Gasteiger partial charge is 0.487 e. The van der Waals surface area contributed by atoms with Gasteiger partial charge in [0.1, 0.15) is 17.9 Å². The van der Waals surface area contributed by atoms with Crippen molar-refractivity contribution in [2.75, 3.05) is 18.5 Å². The van der Waals surface area contributed by atoms with Gasteiger partial charge in [0.05, 0.1) is 17.3 Å². The van der Waals surface area contributed by atoms with E-state index in [2.05, 4.69) is 10.3 Å². The van der Waals surface area contributed by atoms with Gasteiger partial charge in [-0.3, -0.25) is 9.59 Å². The average Bonchev–Trinajstić information content (AvgIpc) is 2.90. The lowest BCUT2D eigenvalue weighted by Crippen LogP contribution is -2.37. The van der Waals surface area contributed by atoms with Crippen LogP contribution in [-0.4, -0.2) is 30.4 Å². The smallest absolute Gasteiger partial charge is 0.246 e. The highest BCUT2D eigenvalue weighted by atomic mass is 35.5. The molecular formula is C29H25Cl2N3O3. The molecule has 0 bridgehead atoms. The van der Waals surface area contributed by atoms with Crippen molar-refractivity contribution in [2.24, 2.45) is 0 Å². The molecule has 0 unspecified atom stereocenters. The Morgan fingerprint density at radius 1 is 1.00 bits per heavy atom. The third-order valence-corrected chi connectivity index (χ3v) is 6.51. The molecule has 0 atom stereocenters. The number of ether oxygens (including phenoxy) is 1. The van der Waals surface area contributed by atoms with Gasteiger partial charge >= 0.3 is 0 Å². The van der Waals surface area contributed by atoms with E-state index in [-0.39, 0.29) is 25.0 Å². The van der Waals surface area contributed by atoms with Crippen LogP contribution in [0.5, 0.6) is 5.75 Å². The fraction of sp³-hybridized carbons (Fsp3) is 0.138. The van der Waals surface area contributed by atoms with E-state index < -0.39 is 0 Å². The van der Waals surface area contributed by atoms with Crippen LogP contribution >= 0.6 is 23.2 Å². The number of hydrogen-bond donors (Lipinski definition) is 1. The number of amides is 2. The number of aromatic nitrogens is 1. The summed E-state index contributed by atoms with van der Waals surface area (Å²) in [6.07, 6.45) is 3.07. The number of para-hydroxylation sites is 1. The summed E-state index contributed by atoms with van der Waals surface area (Å²) in [5.74, 6) is -0.110. The maximum atomic E-state index is 12.8. The van der Waals surface area contributed by atoms with Gasteiger partial charge in [-0.15, -0.1) is 0 Å². The van der Waals surface area contributed by atoms with Crippen molar-refractivity contribution in [2.45, 2.75) is 13.5 Å². The fourth-order valence-electron chi connectivity index (χ4n) is 3.67. The van der Waals surface area contributed by atoms with Crippen LogP contribution < -0.4 is 15.0 Å². The van der Waals surface area contributed by atoms with E-state index in [0.29, 0.717) is 27.0 Å². The summed E-state index contributed by atoms with van der Waals surface area (Å²) < 4.78 is 6.06. The van der Waals surface area contributed by atoms with E-state index in [1.165, 1.54) is 11.0 Å². The molecule has 0 saturated carbocycles. The van der Waals surface area contributed by atoms with E-state index >= 15 is 0 Å².